The Kier molecular flexibility index (Phi) is 3.39. The summed E-state index contributed by atoms with van der Waals surface area (Å²) in [5.41, 5.74) is 9.48. The Balaban J connectivity index is 1.96. The first-order valence-corrected chi connectivity index (χ1v) is 6.77. The minimum atomic E-state index is 0.161. The van der Waals surface area contributed by atoms with Crippen LogP contribution in [-0.2, 0) is 6.42 Å². The second-order valence-electron chi connectivity index (χ2n) is 5.02. The Morgan fingerprint density at radius 1 is 1.29 bits per heavy atom. The van der Waals surface area contributed by atoms with Crippen LogP contribution in [0.3, 0.4) is 0 Å². The van der Waals surface area contributed by atoms with Crippen LogP contribution in [0.4, 0.5) is 5.69 Å². The quantitative estimate of drug-likeness (QED) is 0.734. The van der Waals surface area contributed by atoms with Crippen molar-refractivity contribution in [2.45, 2.75) is 26.3 Å². The minimum absolute atomic E-state index is 0.161. The second kappa shape index (κ2) is 5.35. The molecule has 0 aliphatic carbocycles. The second-order valence-corrected chi connectivity index (χ2v) is 5.02. The molecule has 21 heavy (non-hydrogen) atoms. The molecule has 7 nitrogen and oxygen atoms in total. The SMILES string of the molecule is Cc1nnn(-c2ccccc2N)c1CC(C)n1cncn1. The summed E-state index contributed by atoms with van der Waals surface area (Å²) >= 11 is 0. The molecule has 0 saturated carbocycles. The van der Waals surface area contributed by atoms with Crippen molar-refractivity contribution in [1.29, 1.82) is 0 Å². The van der Waals surface area contributed by atoms with Gasteiger partial charge in [-0.05, 0) is 26.0 Å². The van der Waals surface area contributed by atoms with Gasteiger partial charge in [0.05, 0.1) is 28.8 Å². The average molecular weight is 283 g/mol. The van der Waals surface area contributed by atoms with E-state index in [1.54, 1.807) is 11.0 Å². The molecule has 1 atom stereocenters. The zero-order valence-electron chi connectivity index (χ0n) is 12.0. The predicted octanol–water partition coefficient (Wildman–Crippen LogP) is 1.55. The van der Waals surface area contributed by atoms with Gasteiger partial charge in [0, 0.05) is 6.42 Å². The Morgan fingerprint density at radius 3 is 2.81 bits per heavy atom. The van der Waals surface area contributed by atoms with Crippen LogP contribution in [0.2, 0.25) is 0 Å². The number of para-hydroxylation sites is 2. The van der Waals surface area contributed by atoms with Crippen LogP contribution in [0, 0.1) is 6.92 Å². The summed E-state index contributed by atoms with van der Waals surface area (Å²) in [4.78, 5) is 3.98. The standard InChI is InChI=1S/C14H17N7/c1-10(20-9-16-8-17-20)7-14-11(2)18-19-21(14)13-6-4-3-5-12(13)15/h3-6,8-10H,7,15H2,1-2H3. The Hall–Kier alpha value is -2.70. The van der Waals surface area contributed by atoms with Gasteiger partial charge >= 0.3 is 0 Å². The molecule has 1 aromatic carbocycles. The first-order chi connectivity index (χ1) is 10.2. The molecule has 2 N–H and O–H groups in total. The Morgan fingerprint density at radius 2 is 2.10 bits per heavy atom. The van der Waals surface area contributed by atoms with Crippen molar-refractivity contribution < 1.29 is 0 Å². The summed E-state index contributed by atoms with van der Waals surface area (Å²) in [6.45, 7) is 4.03. The first kappa shape index (κ1) is 13.3. The van der Waals surface area contributed by atoms with Gasteiger partial charge in [-0.1, -0.05) is 17.3 Å². The minimum Gasteiger partial charge on any atom is -0.397 e. The number of nitrogen functional groups attached to an aromatic ring is 1. The van der Waals surface area contributed by atoms with E-state index in [0.29, 0.717) is 5.69 Å². The van der Waals surface area contributed by atoms with Gasteiger partial charge in [-0.25, -0.2) is 14.3 Å². The van der Waals surface area contributed by atoms with Crippen molar-refractivity contribution in [3.8, 4) is 5.69 Å². The van der Waals surface area contributed by atoms with E-state index in [9.17, 15) is 0 Å². The summed E-state index contributed by atoms with van der Waals surface area (Å²) in [6.07, 6.45) is 4.00. The van der Waals surface area contributed by atoms with E-state index in [1.165, 1.54) is 6.33 Å². The van der Waals surface area contributed by atoms with Gasteiger partial charge in [-0.3, -0.25) is 0 Å². The Bertz CT molecular complexity index is 730. The van der Waals surface area contributed by atoms with Crippen LogP contribution < -0.4 is 5.73 Å². The molecular formula is C14H17N7. The number of benzene rings is 1. The summed E-state index contributed by atoms with van der Waals surface area (Å²) < 4.78 is 3.63. The number of nitrogens with two attached hydrogens (primary N) is 1. The van der Waals surface area contributed by atoms with Crippen LogP contribution in [0.5, 0.6) is 0 Å². The van der Waals surface area contributed by atoms with Crippen molar-refractivity contribution in [3.63, 3.8) is 0 Å². The highest BCUT2D eigenvalue weighted by molar-refractivity contribution is 5.57. The number of hydrogen-bond donors (Lipinski definition) is 1. The highest BCUT2D eigenvalue weighted by Gasteiger charge is 2.16. The normalized spacial score (nSPS) is 12.5. The topological polar surface area (TPSA) is 87.4 Å². The van der Waals surface area contributed by atoms with Crippen molar-refractivity contribution >= 4 is 5.69 Å². The fraction of sp³-hybridized carbons (Fsp3) is 0.286. The highest BCUT2D eigenvalue weighted by atomic mass is 15.4. The lowest BCUT2D eigenvalue weighted by atomic mass is 10.1. The van der Waals surface area contributed by atoms with Gasteiger partial charge in [-0.2, -0.15) is 5.10 Å². The maximum Gasteiger partial charge on any atom is 0.137 e. The van der Waals surface area contributed by atoms with Gasteiger partial charge < -0.3 is 5.73 Å². The Labute approximate surface area is 122 Å². The van der Waals surface area contributed by atoms with E-state index in [-0.39, 0.29) is 6.04 Å². The summed E-state index contributed by atoms with van der Waals surface area (Å²) in [6, 6.07) is 7.80. The van der Waals surface area contributed by atoms with Crippen LogP contribution >= 0.6 is 0 Å². The maximum absolute atomic E-state index is 6.04. The molecule has 0 amide bonds. The molecule has 0 saturated heterocycles. The van der Waals surface area contributed by atoms with E-state index >= 15 is 0 Å². The van der Waals surface area contributed by atoms with Gasteiger partial charge in [0.15, 0.2) is 0 Å². The molecule has 3 aromatic rings. The zero-order valence-corrected chi connectivity index (χ0v) is 12.0. The third-order valence-electron chi connectivity index (χ3n) is 3.50. The molecule has 0 aliphatic heterocycles. The molecule has 2 aromatic heterocycles. The predicted molar refractivity (Wildman–Crippen MR) is 78.9 cm³/mol. The van der Waals surface area contributed by atoms with Crippen LogP contribution in [0.25, 0.3) is 5.69 Å². The molecule has 7 heteroatoms. The summed E-state index contributed by atoms with van der Waals surface area (Å²) in [5, 5.41) is 12.6. The first-order valence-electron chi connectivity index (χ1n) is 6.77. The smallest absolute Gasteiger partial charge is 0.137 e. The molecule has 108 valence electrons. The molecule has 1 unspecified atom stereocenters. The van der Waals surface area contributed by atoms with E-state index in [2.05, 4.69) is 27.3 Å². The highest BCUT2D eigenvalue weighted by Crippen LogP contribution is 2.21. The zero-order chi connectivity index (χ0) is 14.8. The lowest BCUT2D eigenvalue weighted by Crippen LogP contribution is -2.13. The third-order valence-corrected chi connectivity index (χ3v) is 3.50. The van der Waals surface area contributed by atoms with Crippen molar-refractivity contribution in [3.05, 3.63) is 48.3 Å². The number of nitrogens with zero attached hydrogens (tertiary/aromatic N) is 6. The van der Waals surface area contributed by atoms with Crippen LogP contribution in [0.1, 0.15) is 24.4 Å². The van der Waals surface area contributed by atoms with E-state index in [4.69, 9.17) is 5.73 Å². The molecule has 0 spiro atoms. The molecule has 0 bridgehead atoms. The van der Waals surface area contributed by atoms with Gasteiger partial charge in [0.1, 0.15) is 12.7 Å². The lowest BCUT2D eigenvalue weighted by Gasteiger charge is -2.14. The van der Waals surface area contributed by atoms with Crippen LogP contribution in [0.15, 0.2) is 36.9 Å². The number of aryl methyl sites for hydroxylation is 1. The number of hydrogen-bond acceptors (Lipinski definition) is 5. The van der Waals surface area contributed by atoms with E-state index in [1.807, 2.05) is 35.9 Å². The monoisotopic (exact) mass is 283 g/mol. The molecular weight excluding hydrogens is 266 g/mol. The van der Waals surface area contributed by atoms with Gasteiger partial charge in [0.2, 0.25) is 0 Å². The van der Waals surface area contributed by atoms with Crippen LogP contribution in [-0.4, -0.2) is 29.8 Å². The van der Waals surface area contributed by atoms with E-state index < -0.39 is 0 Å². The molecule has 0 fully saturated rings. The number of anilines is 1. The van der Waals surface area contributed by atoms with E-state index in [0.717, 1.165) is 23.5 Å². The fourth-order valence-electron chi connectivity index (χ4n) is 2.30. The fourth-order valence-corrected chi connectivity index (χ4v) is 2.30. The summed E-state index contributed by atoms with van der Waals surface area (Å²) in [7, 11) is 0. The average Bonchev–Trinajstić information content (AvgIpc) is 3.11. The maximum atomic E-state index is 6.04. The number of rotatable bonds is 4. The molecule has 2 heterocycles. The molecule has 0 radical (unpaired) electrons. The van der Waals surface area contributed by atoms with Crippen molar-refractivity contribution in [1.82, 2.24) is 29.8 Å². The van der Waals surface area contributed by atoms with Gasteiger partial charge in [-0.15, -0.1) is 5.10 Å². The molecule has 0 aliphatic rings. The third kappa shape index (κ3) is 2.49. The number of aromatic nitrogens is 6. The van der Waals surface area contributed by atoms with Crippen molar-refractivity contribution in [2.24, 2.45) is 0 Å². The van der Waals surface area contributed by atoms with Gasteiger partial charge in [0.25, 0.3) is 0 Å². The largest absolute Gasteiger partial charge is 0.397 e. The lowest BCUT2D eigenvalue weighted by molar-refractivity contribution is 0.477. The molecule has 3 rings (SSSR count). The summed E-state index contributed by atoms with van der Waals surface area (Å²) in [5.74, 6) is 0. The van der Waals surface area contributed by atoms with Crippen molar-refractivity contribution in [2.75, 3.05) is 5.73 Å².